The summed E-state index contributed by atoms with van der Waals surface area (Å²) in [5, 5.41) is 0. The minimum Gasteiger partial charge on any atom is -0.444 e. The number of carbonyl (C=O) groups excluding carboxylic acids is 1. The van der Waals surface area contributed by atoms with Gasteiger partial charge in [-0.25, -0.2) is 4.79 Å². The van der Waals surface area contributed by atoms with E-state index in [-0.39, 0.29) is 11.7 Å². The fraction of sp³-hybridized carbons (Fsp3) is 0.917. The Labute approximate surface area is 92.8 Å². The second-order valence-electron chi connectivity index (χ2n) is 5.37. The van der Waals surface area contributed by atoms with Gasteiger partial charge in [0.1, 0.15) is 5.60 Å². The molecule has 0 N–H and O–H groups in total. The van der Waals surface area contributed by atoms with Crippen LogP contribution in [0.2, 0.25) is 0 Å². The predicted molar refractivity (Wildman–Crippen MR) is 60.8 cm³/mol. The molecule has 1 saturated heterocycles. The maximum atomic E-state index is 11.8. The minimum atomic E-state index is -0.388. The molecule has 0 aliphatic carbocycles. The van der Waals surface area contributed by atoms with Crippen LogP contribution in [-0.4, -0.2) is 29.2 Å². The lowest BCUT2D eigenvalue weighted by molar-refractivity contribution is 0.0222. The summed E-state index contributed by atoms with van der Waals surface area (Å²) < 4.78 is 5.37. The van der Waals surface area contributed by atoms with Crippen molar-refractivity contribution < 1.29 is 9.53 Å². The molecule has 1 aliphatic heterocycles. The first kappa shape index (κ1) is 12.3. The fourth-order valence-corrected chi connectivity index (χ4v) is 2.13. The molecule has 1 aliphatic rings. The zero-order valence-corrected chi connectivity index (χ0v) is 10.5. The molecular formula is C12H23NO2. The summed E-state index contributed by atoms with van der Waals surface area (Å²) in [6.45, 7) is 10.9. The topological polar surface area (TPSA) is 29.5 Å². The average Bonchev–Trinajstić information content (AvgIpc) is 2.43. The van der Waals surface area contributed by atoms with Gasteiger partial charge in [-0.1, -0.05) is 13.3 Å². The van der Waals surface area contributed by atoms with E-state index >= 15 is 0 Å². The maximum absolute atomic E-state index is 11.8. The Hall–Kier alpha value is -0.730. The molecule has 1 unspecified atom stereocenters. The van der Waals surface area contributed by atoms with Crippen LogP contribution >= 0.6 is 0 Å². The Bertz CT molecular complexity index is 232. The molecule has 0 bridgehead atoms. The molecule has 2 atom stereocenters. The van der Waals surface area contributed by atoms with Crippen LogP contribution in [0.25, 0.3) is 0 Å². The highest BCUT2D eigenvalue weighted by atomic mass is 16.6. The van der Waals surface area contributed by atoms with Gasteiger partial charge in [0, 0.05) is 12.6 Å². The molecule has 0 aromatic carbocycles. The SMILES string of the molecule is CC[C@@H]1CCN(C(=O)OC(C)(C)C)C1C. The number of nitrogens with zero attached hydrogens (tertiary/aromatic N) is 1. The summed E-state index contributed by atoms with van der Waals surface area (Å²) in [7, 11) is 0. The van der Waals surface area contributed by atoms with Crippen molar-refractivity contribution in [3.63, 3.8) is 0 Å². The van der Waals surface area contributed by atoms with Crippen LogP contribution < -0.4 is 0 Å². The van der Waals surface area contributed by atoms with Crippen molar-refractivity contribution >= 4 is 6.09 Å². The van der Waals surface area contributed by atoms with Crippen LogP contribution in [0.3, 0.4) is 0 Å². The summed E-state index contributed by atoms with van der Waals surface area (Å²) in [5.74, 6) is 0.637. The van der Waals surface area contributed by atoms with Gasteiger partial charge in [0.15, 0.2) is 0 Å². The van der Waals surface area contributed by atoms with Gasteiger partial charge in [-0.15, -0.1) is 0 Å². The van der Waals surface area contributed by atoms with E-state index in [0.29, 0.717) is 12.0 Å². The molecule has 1 amide bonds. The van der Waals surface area contributed by atoms with E-state index in [9.17, 15) is 4.79 Å². The van der Waals surface area contributed by atoms with Crippen LogP contribution in [-0.2, 0) is 4.74 Å². The molecule has 1 rings (SSSR count). The van der Waals surface area contributed by atoms with Gasteiger partial charge in [-0.05, 0) is 40.0 Å². The first-order valence-electron chi connectivity index (χ1n) is 5.84. The quantitative estimate of drug-likeness (QED) is 0.670. The highest BCUT2D eigenvalue weighted by Gasteiger charge is 2.34. The normalized spacial score (nSPS) is 26.9. The lowest BCUT2D eigenvalue weighted by atomic mass is 9.99. The summed E-state index contributed by atoms with van der Waals surface area (Å²) in [4.78, 5) is 13.7. The molecule has 1 heterocycles. The van der Waals surface area contributed by atoms with Crippen molar-refractivity contribution in [2.45, 2.75) is 59.1 Å². The molecule has 0 spiro atoms. The van der Waals surface area contributed by atoms with E-state index in [0.717, 1.165) is 19.4 Å². The Morgan fingerprint density at radius 3 is 2.47 bits per heavy atom. The van der Waals surface area contributed by atoms with Gasteiger partial charge < -0.3 is 9.64 Å². The van der Waals surface area contributed by atoms with E-state index in [2.05, 4.69) is 13.8 Å². The van der Waals surface area contributed by atoms with Crippen LogP contribution in [0, 0.1) is 5.92 Å². The van der Waals surface area contributed by atoms with Gasteiger partial charge >= 0.3 is 6.09 Å². The molecular weight excluding hydrogens is 190 g/mol. The zero-order valence-electron chi connectivity index (χ0n) is 10.5. The lowest BCUT2D eigenvalue weighted by Crippen LogP contribution is -2.39. The number of ether oxygens (including phenoxy) is 1. The van der Waals surface area contributed by atoms with Gasteiger partial charge in [0.2, 0.25) is 0 Å². The highest BCUT2D eigenvalue weighted by Crippen LogP contribution is 2.27. The van der Waals surface area contributed by atoms with Crippen molar-refractivity contribution in [3.05, 3.63) is 0 Å². The van der Waals surface area contributed by atoms with Crippen molar-refractivity contribution in [3.8, 4) is 0 Å². The minimum absolute atomic E-state index is 0.161. The number of likely N-dealkylation sites (tertiary alicyclic amines) is 1. The van der Waals surface area contributed by atoms with Crippen molar-refractivity contribution in [2.75, 3.05) is 6.54 Å². The van der Waals surface area contributed by atoms with E-state index in [1.165, 1.54) is 0 Å². The molecule has 0 aromatic heterocycles. The number of hydrogen-bond donors (Lipinski definition) is 0. The molecule has 0 saturated carbocycles. The number of hydrogen-bond acceptors (Lipinski definition) is 2. The first-order valence-corrected chi connectivity index (χ1v) is 5.84. The van der Waals surface area contributed by atoms with Crippen LogP contribution in [0.15, 0.2) is 0 Å². The second-order valence-corrected chi connectivity index (χ2v) is 5.37. The average molecular weight is 213 g/mol. The van der Waals surface area contributed by atoms with E-state index < -0.39 is 0 Å². The molecule has 15 heavy (non-hydrogen) atoms. The Kier molecular flexibility index (Phi) is 3.63. The Morgan fingerprint density at radius 2 is 2.07 bits per heavy atom. The van der Waals surface area contributed by atoms with Gasteiger partial charge in [-0.3, -0.25) is 0 Å². The predicted octanol–water partition coefficient (Wildman–Crippen LogP) is 3.04. The molecule has 3 heteroatoms. The Balaban J connectivity index is 2.55. The highest BCUT2D eigenvalue weighted by molar-refractivity contribution is 5.68. The van der Waals surface area contributed by atoms with Gasteiger partial charge in [0.05, 0.1) is 0 Å². The Morgan fingerprint density at radius 1 is 1.47 bits per heavy atom. The summed E-state index contributed by atoms with van der Waals surface area (Å²) in [5.41, 5.74) is -0.388. The van der Waals surface area contributed by atoms with Gasteiger partial charge in [-0.2, -0.15) is 0 Å². The molecule has 88 valence electrons. The van der Waals surface area contributed by atoms with Crippen LogP contribution in [0.5, 0.6) is 0 Å². The third kappa shape index (κ3) is 3.11. The standard InChI is InChI=1S/C12H23NO2/c1-6-10-7-8-13(9(10)2)11(14)15-12(3,4)5/h9-10H,6-8H2,1-5H3/t9?,10-/m1/s1. The summed E-state index contributed by atoms with van der Waals surface area (Å²) >= 11 is 0. The second kappa shape index (κ2) is 4.42. The third-order valence-corrected chi connectivity index (χ3v) is 3.07. The largest absolute Gasteiger partial charge is 0.444 e. The molecule has 1 fully saturated rings. The van der Waals surface area contributed by atoms with E-state index in [4.69, 9.17) is 4.74 Å². The number of amides is 1. The third-order valence-electron chi connectivity index (χ3n) is 3.07. The van der Waals surface area contributed by atoms with Crippen LogP contribution in [0.1, 0.15) is 47.5 Å². The lowest BCUT2D eigenvalue weighted by Gasteiger charge is -2.28. The first-order chi connectivity index (χ1) is 6.85. The van der Waals surface area contributed by atoms with Crippen molar-refractivity contribution in [1.82, 2.24) is 4.90 Å². The molecule has 0 radical (unpaired) electrons. The van der Waals surface area contributed by atoms with Crippen LogP contribution in [0.4, 0.5) is 4.79 Å². The van der Waals surface area contributed by atoms with Crippen molar-refractivity contribution in [2.24, 2.45) is 5.92 Å². The molecule has 0 aromatic rings. The summed E-state index contributed by atoms with van der Waals surface area (Å²) in [6.07, 6.45) is 2.09. The molecule has 3 nitrogen and oxygen atoms in total. The fourth-order valence-electron chi connectivity index (χ4n) is 2.13. The monoisotopic (exact) mass is 213 g/mol. The maximum Gasteiger partial charge on any atom is 0.410 e. The zero-order chi connectivity index (χ0) is 11.6. The van der Waals surface area contributed by atoms with Gasteiger partial charge in [0.25, 0.3) is 0 Å². The number of carbonyl (C=O) groups is 1. The van der Waals surface area contributed by atoms with E-state index in [1.807, 2.05) is 25.7 Å². The van der Waals surface area contributed by atoms with Crippen molar-refractivity contribution in [1.29, 1.82) is 0 Å². The summed E-state index contributed by atoms with van der Waals surface area (Å²) in [6, 6.07) is 0.324. The number of rotatable bonds is 1. The van der Waals surface area contributed by atoms with E-state index in [1.54, 1.807) is 0 Å². The smallest absolute Gasteiger partial charge is 0.410 e.